The minimum absolute atomic E-state index is 0. The fourth-order valence-corrected chi connectivity index (χ4v) is 2.94. The Morgan fingerprint density at radius 1 is 1.32 bits per heavy atom. The van der Waals surface area contributed by atoms with Crippen LogP contribution in [0, 0.1) is 5.82 Å². The van der Waals surface area contributed by atoms with Gasteiger partial charge in [-0.1, -0.05) is 18.5 Å². The molecule has 0 heterocycles. The number of hydrogen-bond donors (Lipinski definition) is 3. The van der Waals surface area contributed by atoms with E-state index in [1.807, 2.05) is 6.92 Å². The molecule has 0 aromatic heterocycles. The Labute approximate surface area is 140 Å². The summed E-state index contributed by atoms with van der Waals surface area (Å²) in [5, 5.41) is 5.19. The van der Waals surface area contributed by atoms with Crippen LogP contribution in [-0.2, 0) is 14.8 Å². The van der Waals surface area contributed by atoms with Gasteiger partial charge in [0, 0.05) is 26.1 Å². The van der Waals surface area contributed by atoms with E-state index in [4.69, 9.17) is 11.6 Å². The van der Waals surface area contributed by atoms with Crippen molar-refractivity contribution in [3.05, 3.63) is 23.0 Å². The Balaban J connectivity index is 0.00000441. The molecule has 3 N–H and O–H groups in total. The van der Waals surface area contributed by atoms with Gasteiger partial charge < -0.3 is 10.6 Å². The van der Waals surface area contributed by atoms with Gasteiger partial charge in [-0.25, -0.2) is 17.5 Å². The zero-order valence-corrected chi connectivity index (χ0v) is 14.5. The molecular weight excluding hydrogens is 356 g/mol. The molecule has 0 atom stereocenters. The highest BCUT2D eigenvalue weighted by Crippen LogP contribution is 2.27. The van der Waals surface area contributed by atoms with E-state index < -0.39 is 26.6 Å². The van der Waals surface area contributed by atoms with Crippen molar-refractivity contribution < 1.29 is 17.6 Å². The van der Waals surface area contributed by atoms with Gasteiger partial charge in [0.1, 0.15) is 10.7 Å². The summed E-state index contributed by atoms with van der Waals surface area (Å²) in [6.07, 6.45) is 0. The molecule has 0 radical (unpaired) electrons. The van der Waals surface area contributed by atoms with Gasteiger partial charge in [-0.2, -0.15) is 0 Å². The van der Waals surface area contributed by atoms with Gasteiger partial charge in [0.15, 0.2) is 0 Å². The first-order valence-electron chi connectivity index (χ1n) is 6.25. The Morgan fingerprint density at radius 3 is 2.50 bits per heavy atom. The van der Waals surface area contributed by atoms with Crippen molar-refractivity contribution in [1.29, 1.82) is 0 Å². The molecule has 10 heteroatoms. The van der Waals surface area contributed by atoms with Crippen LogP contribution in [0.4, 0.5) is 10.1 Å². The first kappa shape index (κ1) is 21.1. The van der Waals surface area contributed by atoms with E-state index in [2.05, 4.69) is 15.4 Å². The second-order valence-electron chi connectivity index (χ2n) is 4.19. The molecule has 0 spiro atoms. The second-order valence-corrected chi connectivity index (χ2v) is 6.34. The number of carbonyl (C=O) groups is 1. The lowest BCUT2D eigenvalue weighted by molar-refractivity contribution is -0.114. The SMILES string of the molecule is CCNCCNS(=O)(=O)c1cc(Cl)c(NC(C)=O)cc1F.Cl. The molecule has 0 saturated carbocycles. The first-order valence-corrected chi connectivity index (χ1v) is 8.11. The van der Waals surface area contributed by atoms with Gasteiger partial charge in [-0.05, 0) is 12.6 Å². The van der Waals surface area contributed by atoms with E-state index >= 15 is 0 Å². The number of hydrogen-bond acceptors (Lipinski definition) is 4. The largest absolute Gasteiger partial charge is 0.325 e. The average Bonchev–Trinajstić information content (AvgIpc) is 2.38. The van der Waals surface area contributed by atoms with Gasteiger partial charge in [0.2, 0.25) is 15.9 Å². The van der Waals surface area contributed by atoms with Crippen LogP contribution in [0.2, 0.25) is 5.02 Å². The van der Waals surface area contributed by atoms with Crippen molar-refractivity contribution in [1.82, 2.24) is 10.0 Å². The second kappa shape index (κ2) is 9.26. The van der Waals surface area contributed by atoms with Crippen LogP contribution in [0.5, 0.6) is 0 Å². The smallest absolute Gasteiger partial charge is 0.243 e. The van der Waals surface area contributed by atoms with Crippen LogP contribution in [-0.4, -0.2) is 34.0 Å². The number of rotatable bonds is 7. The molecule has 1 rings (SSSR count). The van der Waals surface area contributed by atoms with Crippen LogP contribution in [0.15, 0.2) is 17.0 Å². The van der Waals surface area contributed by atoms with Gasteiger partial charge in [0.25, 0.3) is 0 Å². The third-order valence-corrected chi connectivity index (χ3v) is 4.25. The summed E-state index contributed by atoms with van der Waals surface area (Å²) < 4.78 is 40.1. The third kappa shape index (κ3) is 6.05. The number of sulfonamides is 1. The van der Waals surface area contributed by atoms with Crippen molar-refractivity contribution in [3.8, 4) is 0 Å². The van der Waals surface area contributed by atoms with E-state index in [-0.39, 0.29) is 29.7 Å². The maximum absolute atomic E-state index is 13.9. The lowest BCUT2D eigenvalue weighted by Crippen LogP contribution is -2.32. The summed E-state index contributed by atoms with van der Waals surface area (Å²) in [5.41, 5.74) is 0.0215. The average molecular weight is 374 g/mol. The fourth-order valence-electron chi connectivity index (χ4n) is 1.55. The molecule has 1 aromatic rings. The van der Waals surface area contributed by atoms with Crippen LogP contribution in [0.25, 0.3) is 0 Å². The Hall–Kier alpha value is -0.930. The highest BCUT2D eigenvalue weighted by Gasteiger charge is 2.21. The highest BCUT2D eigenvalue weighted by atomic mass is 35.5. The molecule has 0 aliphatic carbocycles. The number of likely N-dealkylation sites (N-methyl/N-ethyl adjacent to an activating group) is 1. The van der Waals surface area contributed by atoms with Crippen molar-refractivity contribution in [2.75, 3.05) is 25.0 Å². The molecule has 126 valence electrons. The van der Waals surface area contributed by atoms with Crippen molar-refractivity contribution in [3.63, 3.8) is 0 Å². The van der Waals surface area contributed by atoms with E-state index in [9.17, 15) is 17.6 Å². The lowest BCUT2D eigenvalue weighted by atomic mass is 10.3. The molecule has 0 unspecified atom stereocenters. The van der Waals surface area contributed by atoms with E-state index in [1.54, 1.807) is 0 Å². The molecule has 1 amide bonds. The van der Waals surface area contributed by atoms with Crippen molar-refractivity contribution in [2.24, 2.45) is 0 Å². The van der Waals surface area contributed by atoms with Crippen LogP contribution in [0.1, 0.15) is 13.8 Å². The van der Waals surface area contributed by atoms with E-state index in [1.165, 1.54) is 6.92 Å². The fraction of sp³-hybridized carbons (Fsp3) is 0.417. The number of benzene rings is 1. The Kier molecular flexibility index (Phi) is 8.87. The summed E-state index contributed by atoms with van der Waals surface area (Å²) >= 11 is 5.85. The quantitative estimate of drug-likeness (QED) is 0.635. The zero-order chi connectivity index (χ0) is 16.0. The van der Waals surface area contributed by atoms with Crippen molar-refractivity contribution >= 4 is 45.6 Å². The van der Waals surface area contributed by atoms with Gasteiger partial charge in [-0.15, -0.1) is 12.4 Å². The van der Waals surface area contributed by atoms with Gasteiger partial charge in [-0.3, -0.25) is 4.79 Å². The lowest BCUT2D eigenvalue weighted by Gasteiger charge is -2.11. The Bertz CT molecular complexity index is 626. The number of anilines is 1. The molecule has 0 saturated heterocycles. The molecule has 6 nitrogen and oxygen atoms in total. The number of carbonyl (C=O) groups excluding carboxylic acids is 1. The first-order chi connectivity index (χ1) is 9.77. The maximum Gasteiger partial charge on any atom is 0.243 e. The Morgan fingerprint density at radius 2 is 1.95 bits per heavy atom. The molecule has 0 aliphatic heterocycles. The predicted octanol–water partition coefficient (Wildman–Crippen LogP) is 1.75. The number of halogens is 3. The standard InChI is InChI=1S/C12H17ClFN3O3S.ClH/c1-3-15-4-5-16-21(19,20)12-6-9(13)11(7-10(12)14)17-8(2)18;/h6-7,15-16H,3-5H2,1-2H3,(H,17,18);1H. The van der Waals surface area contributed by atoms with E-state index in [0.29, 0.717) is 13.1 Å². The number of amides is 1. The topological polar surface area (TPSA) is 87.3 Å². The van der Waals surface area contributed by atoms with E-state index in [0.717, 1.165) is 12.1 Å². The van der Waals surface area contributed by atoms with Crippen molar-refractivity contribution in [2.45, 2.75) is 18.7 Å². The molecule has 0 aliphatic rings. The summed E-state index contributed by atoms with van der Waals surface area (Å²) in [6.45, 7) is 4.37. The predicted molar refractivity (Wildman–Crippen MR) is 86.7 cm³/mol. The van der Waals surface area contributed by atoms with Crippen LogP contribution >= 0.6 is 24.0 Å². The monoisotopic (exact) mass is 373 g/mol. The van der Waals surface area contributed by atoms with Crippen LogP contribution in [0.3, 0.4) is 0 Å². The molecule has 1 aromatic carbocycles. The third-order valence-electron chi connectivity index (χ3n) is 2.47. The zero-order valence-electron chi connectivity index (χ0n) is 12.1. The molecule has 0 bridgehead atoms. The van der Waals surface area contributed by atoms with Gasteiger partial charge in [0.05, 0.1) is 10.7 Å². The maximum atomic E-state index is 13.9. The molecule has 0 fully saturated rings. The summed E-state index contributed by atoms with van der Waals surface area (Å²) in [6, 6.07) is 1.85. The normalized spacial score (nSPS) is 10.9. The van der Waals surface area contributed by atoms with Crippen LogP contribution < -0.4 is 15.4 Å². The summed E-state index contributed by atoms with van der Waals surface area (Å²) in [7, 11) is -4.00. The summed E-state index contributed by atoms with van der Waals surface area (Å²) in [4.78, 5) is 10.4. The molecule has 22 heavy (non-hydrogen) atoms. The number of nitrogens with one attached hydrogen (secondary N) is 3. The molecular formula is C12H18Cl2FN3O3S. The minimum Gasteiger partial charge on any atom is -0.325 e. The summed E-state index contributed by atoms with van der Waals surface area (Å²) in [5.74, 6) is -1.42. The van der Waals surface area contributed by atoms with Gasteiger partial charge >= 0.3 is 0 Å². The minimum atomic E-state index is -4.00. The highest BCUT2D eigenvalue weighted by molar-refractivity contribution is 7.89.